The van der Waals surface area contributed by atoms with E-state index in [0.29, 0.717) is 24.6 Å². The van der Waals surface area contributed by atoms with Gasteiger partial charge in [-0.3, -0.25) is 4.79 Å². The molecule has 0 bridgehead atoms. The number of hydrogen-bond donors (Lipinski definition) is 1. The SMILES string of the molecule is CC1=CC(C(=O)N2CC3CC34CC(Oc3ccc(C(F)(F)F)cn3)C24)=C(c2nccs2)NC1. The number of dihydropyridines is 1. The minimum Gasteiger partial charge on any atom is -0.472 e. The lowest BCUT2D eigenvalue weighted by atomic mass is 9.73. The molecule has 1 spiro atoms. The topological polar surface area (TPSA) is 67.4 Å². The number of piperidine rings is 1. The Hall–Kier alpha value is -2.88. The van der Waals surface area contributed by atoms with E-state index < -0.39 is 11.7 Å². The molecule has 1 saturated heterocycles. The fourth-order valence-electron chi connectivity index (χ4n) is 5.58. The molecular weight excluding hydrogens is 453 g/mol. The molecule has 1 N–H and O–H groups in total. The lowest BCUT2D eigenvalue weighted by Crippen LogP contribution is -2.59. The Bertz CT molecular complexity index is 1180. The van der Waals surface area contributed by atoms with E-state index in [2.05, 4.69) is 15.3 Å². The van der Waals surface area contributed by atoms with Crippen molar-refractivity contribution >= 4 is 22.9 Å². The first-order chi connectivity index (χ1) is 15.8. The molecule has 4 atom stereocenters. The van der Waals surface area contributed by atoms with Crippen LogP contribution in [0.25, 0.3) is 5.70 Å². The maximum Gasteiger partial charge on any atom is 0.417 e. The normalized spacial score (nSPS) is 30.1. The Balaban J connectivity index is 1.25. The van der Waals surface area contributed by atoms with Crippen LogP contribution in [0.15, 0.2) is 47.1 Å². The maximum absolute atomic E-state index is 13.7. The van der Waals surface area contributed by atoms with Crippen LogP contribution in [0, 0.1) is 11.3 Å². The lowest BCUT2D eigenvalue weighted by Gasteiger charge is -2.47. The molecule has 0 radical (unpaired) electrons. The number of thiazole rings is 1. The van der Waals surface area contributed by atoms with Crippen LogP contribution in [0.4, 0.5) is 13.2 Å². The first kappa shape index (κ1) is 20.7. The number of pyridine rings is 1. The molecule has 2 aliphatic carbocycles. The van der Waals surface area contributed by atoms with Crippen LogP contribution >= 0.6 is 11.3 Å². The fourth-order valence-corrected chi connectivity index (χ4v) is 6.25. The van der Waals surface area contributed by atoms with Crippen LogP contribution in [-0.2, 0) is 11.0 Å². The molecule has 10 heteroatoms. The van der Waals surface area contributed by atoms with E-state index in [-0.39, 0.29) is 29.3 Å². The van der Waals surface area contributed by atoms with Crippen molar-refractivity contribution in [3.63, 3.8) is 0 Å². The monoisotopic (exact) mass is 474 g/mol. The van der Waals surface area contributed by atoms with Gasteiger partial charge in [-0.1, -0.05) is 5.57 Å². The van der Waals surface area contributed by atoms with Gasteiger partial charge in [-0.2, -0.15) is 13.2 Å². The molecule has 6 rings (SSSR count). The standard InChI is InChI=1S/C23H21F3N4O2S/c1-12-6-15(18(29-9-12)20-27-4-5-33-20)21(31)30-11-14-7-22(14)8-16(19(22)30)32-17-3-2-13(10-28-17)23(24,25)26/h2-6,10,14,16,19,29H,7-9,11H2,1H3. The van der Waals surface area contributed by atoms with E-state index in [0.717, 1.165) is 41.4 Å². The second kappa shape index (κ2) is 7.06. The number of hydrogen-bond acceptors (Lipinski definition) is 6. The maximum atomic E-state index is 13.7. The van der Waals surface area contributed by atoms with Gasteiger partial charge in [-0.25, -0.2) is 9.97 Å². The van der Waals surface area contributed by atoms with Crippen LogP contribution < -0.4 is 10.1 Å². The van der Waals surface area contributed by atoms with Crippen molar-refractivity contribution in [2.75, 3.05) is 13.1 Å². The van der Waals surface area contributed by atoms with Crippen LogP contribution in [0.1, 0.15) is 30.3 Å². The van der Waals surface area contributed by atoms with Crippen LogP contribution in [0.5, 0.6) is 5.88 Å². The van der Waals surface area contributed by atoms with Crippen LogP contribution in [0.3, 0.4) is 0 Å². The minimum atomic E-state index is -4.44. The Kier molecular flexibility index (Phi) is 4.43. The zero-order valence-electron chi connectivity index (χ0n) is 17.7. The Morgan fingerprint density at radius 3 is 2.85 bits per heavy atom. The molecule has 4 aliphatic rings. The van der Waals surface area contributed by atoms with Gasteiger partial charge in [-0.05, 0) is 37.8 Å². The highest BCUT2D eigenvalue weighted by atomic mass is 32.1. The van der Waals surface area contributed by atoms with Gasteiger partial charge in [0.15, 0.2) is 0 Å². The molecule has 2 saturated carbocycles. The second-order valence-electron chi connectivity index (χ2n) is 9.25. The number of nitrogens with zero attached hydrogens (tertiary/aromatic N) is 3. The largest absolute Gasteiger partial charge is 0.472 e. The summed E-state index contributed by atoms with van der Waals surface area (Å²) >= 11 is 1.48. The summed E-state index contributed by atoms with van der Waals surface area (Å²) in [7, 11) is 0. The number of carbonyl (C=O) groups is 1. The zero-order valence-corrected chi connectivity index (χ0v) is 18.5. The molecular formula is C23H21F3N4O2S. The molecule has 4 heterocycles. The van der Waals surface area contributed by atoms with Gasteiger partial charge < -0.3 is 15.0 Å². The zero-order chi connectivity index (χ0) is 23.0. The van der Waals surface area contributed by atoms with E-state index in [1.165, 1.54) is 17.4 Å². The second-order valence-corrected chi connectivity index (χ2v) is 10.1. The quantitative estimate of drug-likeness (QED) is 0.729. The summed E-state index contributed by atoms with van der Waals surface area (Å²) in [6.45, 7) is 3.31. The number of nitrogens with one attached hydrogen (secondary N) is 1. The number of carbonyl (C=O) groups excluding carboxylic acids is 1. The Morgan fingerprint density at radius 2 is 2.15 bits per heavy atom. The van der Waals surface area contributed by atoms with E-state index in [1.807, 2.05) is 23.3 Å². The van der Waals surface area contributed by atoms with Crippen molar-refractivity contribution in [3.05, 3.63) is 57.7 Å². The van der Waals surface area contributed by atoms with Crippen molar-refractivity contribution in [2.24, 2.45) is 11.3 Å². The Labute approximate surface area is 192 Å². The van der Waals surface area contributed by atoms with Gasteiger partial charge in [0.05, 0.1) is 22.9 Å². The summed E-state index contributed by atoms with van der Waals surface area (Å²) in [5, 5.41) is 5.99. The minimum absolute atomic E-state index is 0.0583. The van der Waals surface area contributed by atoms with Crippen molar-refractivity contribution in [1.82, 2.24) is 20.2 Å². The van der Waals surface area contributed by atoms with E-state index >= 15 is 0 Å². The lowest BCUT2D eigenvalue weighted by molar-refractivity contribution is -0.138. The number of ether oxygens (including phenoxy) is 1. The van der Waals surface area contributed by atoms with Crippen molar-refractivity contribution in [2.45, 2.75) is 38.1 Å². The highest BCUT2D eigenvalue weighted by molar-refractivity contribution is 7.10. The number of likely N-dealkylation sites (tertiary alicyclic amines) is 1. The van der Waals surface area contributed by atoms with Gasteiger partial charge in [0, 0.05) is 42.3 Å². The summed E-state index contributed by atoms with van der Waals surface area (Å²) in [6.07, 6.45) is 1.56. The van der Waals surface area contributed by atoms with Gasteiger partial charge in [0.1, 0.15) is 11.1 Å². The third-order valence-corrected chi connectivity index (χ3v) is 8.02. The number of amides is 1. The number of halogens is 3. The third-order valence-electron chi connectivity index (χ3n) is 7.23. The van der Waals surface area contributed by atoms with Gasteiger partial charge in [0.25, 0.3) is 5.91 Å². The van der Waals surface area contributed by atoms with E-state index in [1.54, 1.807) is 6.20 Å². The van der Waals surface area contributed by atoms with E-state index in [9.17, 15) is 18.0 Å². The molecule has 2 aliphatic heterocycles. The molecule has 6 nitrogen and oxygen atoms in total. The first-order valence-corrected chi connectivity index (χ1v) is 11.7. The highest BCUT2D eigenvalue weighted by Gasteiger charge is 2.76. The summed E-state index contributed by atoms with van der Waals surface area (Å²) in [6, 6.07) is 2.12. The molecule has 0 aromatic carbocycles. The molecule has 4 unspecified atom stereocenters. The van der Waals surface area contributed by atoms with Gasteiger partial charge in [0.2, 0.25) is 5.88 Å². The van der Waals surface area contributed by atoms with Gasteiger partial charge >= 0.3 is 6.18 Å². The predicted octanol–water partition coefficient (Wildman–Crippen LogP) is 3.89. The summed E-state index contributed by atoms with van der Waals surface area (Å²) in [5.74, 6) is 0.548. The average Bonchev–Trinajstić information content (AvgIpc) is 3.14. The molecule has 2 aromatic heterocycles. The number of rotatable bonds is 4. The molecule has 3 fully saturated rings. The summed E-state index contributed by atoms with van der Waals surface area (Å²) < 4.78 is 44.5. The highest BCUT2D eigenvalue weighted by Crippen LogP contribution is 2.71. The van der Waals surface area contributed by atoms with Crippen molar-refractivity contribution < 1.29 is 22.7 Å². The summed E-state index contributed by atoms with van der Waals surface area (Å²) in [4.78, 5) is 23.8. The van der Waals surface area contributed by atoms with Crippen molar-refractivity contribution in [3.8, 4) is 5.88 Å². The smallest absolute Gasteiger partial charge is 0.417 e. The van der Waals surface area contributed by atoms with E-state index in [4.69, 9.17) is 4.74 Å². The Morgan fingerprint density at radius 1 is 1.30 bits per heavy atom. The number of alkyl halides is 3. The predicted molar refractivity (Wildman–Crippen MR) is 115 cm³/mol. The first-order valence-electron chi connectivity index (χ1n) is 10.8. The average molecular weight is 475 g/mol. The van der Waals surface area contributed by atoms with Crippen molar-refractivity contribution in [1.29, 1.82) is 0 Å². The molecule has 2 aromatic rings. The number of aromatic nitrogens is 2. The third kappa shape index (κ3) is 3.25. The van der Waals surface area contributed by atoms with Gasteiger partial charge in [-0.15, -0.1) is 11.3 Å². The van der Waals surface area contributed by atoms with Crippen LogP contribution in [-0.4, -0.2) is 46.0 Å². The molecule has 33 heavy (non-hydrogen) atoms. The fraction of sp³-hybridized carbons (Fsp3) is 0.435. The van der Waals surface area contributed by atoms with Crippen LogP contribution in [0.2, 0.25) is 0 Å². The molecule has 1 amide bonds. The summed E-state index contributed by atoms with van der Waals surface area (Å²) in [5.41, 5.74) is 1.68. The molecule has 172 valence electrons.